The van der Waals surface area contributed by atoms with Crippen LogP contribution in [0, 0.1) is 5.92 Å². The Hall–Kier alpha value is -0.260. The summed E-state index contributed by atoms with van der Waals surface area (Å²) in [7, 11) is 1.98. The summed E-state index contributed by atoms with van der Waals surface area (Å²) in [5, 5.41) is 3.19. The highest BCUT2D eigenvalue weighted by Gasteiger charge is 2.18. The van der Waals surface area contributed by atoms with Crippen molar-refractivity contribution in [3.8, 4) is 0 Å². The fourth-order valence-corrected chi connectivity index (χ4v) is 2.07. The highest BCUT2D eigenvalue weighted by molar-refractivity contribution is 4.73. The Kier molecular flexibility index (Phi) is 6.84. The van der Waals surface area contributed by atoms with E-state index >= 15 is 0 Å². The van der Waals surface area contributed by atoms with Gasteiger partial charge >= 0.3 is 0 Å². The molecule has 0 aromatic carbocycles. The number of piperidine rings is 1. The van der Waals surface area contributed by atoms with Gasteiger partial charge in [0, 0.05) is 6.54 Å². The lowest BCUT2D eigenvalue weighted by Crippen LogP contribution is -2.38. The molecule has 1 aliphatic heterocycles. The van der Waals surface area contributed by atoms with Crippen molar-refractivity contribution in [1.82, 2.24) is 10.2 Å². The van der Waals surface area contributed by atoms with Gasteiger partial charge < -0.3 is 15.0 Å². The molecule has 96 valence electrons. The van der Waals surface area contributed by atoms with E-state index in [-0.39, 0.29) is 0 Å². The van der Waals surface area contributed by atoms with Crippen molar-refractivity contribution in [2.45, 2.75) is 19.3 Å². The van der Waals surface area contributed by atoms with Gasteiger partial charge in [-0.15, -0.1) is 0 Å². The zero-order valence-electron chi connectivity index (χ0n) is 9.92. The predicted octanol–water partition coefficient (Wildman–Crippen LogP) is 1.20. The van der Waals surface area contributed by atoms with Crippen molar-refractivity contribution >= 4 is 0 Å². The molecule has 0 amide bonds. The van der Waals surface area contributed by atoms with Crippen LogP contribution in [0.1, 0.15) is 12.8 Å². The first-order valence-corrected chi connectivity index (χ1v) is 5.95. The number of hydrogen-bond acceptors (Lipinski definition) is 3. The number of nitrogens with zero attached hydrogens (tertiary/aromatic N) is 1. The van der Waals surface area contributed by atoms with Gasteiger partial charge in [0.25, 0.3) is 6.43 Å². The minimum Gasteiger partial charge on any atom is -0.374 e. The standard InChI is InChI=1S/C11H22F2N2O/c1-14-8-10-2-4-15(5-3-10)6-7-16-9-11(12)13/h10-11,14H,2-9H2,1H3. The zero-order chi connectivity index (χ0) is 11.8. The van der Waals surface area contributed by atoms with Crippen molar-refractivity contribution in [3.63, 3.8) is 0 Å². The van der Waals surface area contributed by atoms with E-state index in [1.165, 1.54) is 12.8 Å². The Morgan fingerprint density at radius 3 is 2.62 bits per heavy atom. The molecule has 0 atom stereocenters. The van der Waals surface area contributed by atoms with Gasteiger partial charge in [0.2, 0.25) is 0 Å². The van der Waals surface area contributed by atoms with E-state index in [4.69, 9.17) is 4.74 Å². The topological polar surface area (TPSA) is 24.5 Å². The third-order valence-corrected chi connectivity index (χ3v) is 3.00. The molecule has 0 aromatic heterocycles. The summed E-state index contributed by atoms with van der Waals surface area (Å²) in [6, 6.07) is 0. The van der Waals surface area contributed by atoms with E-state index in [9.17, 15) is 8.78 Å². The molecule has 0 bridgehead atoms. The van der Waals surface area contributed by atoms with Crippen LogP contribution in [0.4, 0.5) is 8.78 Å². The summed E-state index contributed by atoms with van der Waals surface area (Å²) < 4.78 is 28.4. The number of nitrogens with one attached hydrogen (secondary N) is 1. The second-order valence-electron chi connectivity index (χ2n) is 4.31. The zero-order valence-corrected chi connectivity index (χ0v) is 9.92. The molecular formula is C11H22F2N2O. The van der Waals surface area contributed by atoms with Gasteiger partial charge in [-0.1, -0.05) is 0 Å². The van der Waals surface area contributed by atoms with Crippen LogP contribution in [-0.4, -0.2) is 57.8 Å². The van der Waals surface area contributed by atoms with Crippen LogP contribution in [0.5, 0.6) is 0 Å². The van der Waals surface area contributed by atoms with Crippen LogP contribution >= 0.6 is 0 Å². The first kappa shape index (κ1) is 13.8. The quantitative estimate of drug-likeness (QED) is 0.672. The van der Waals surface area contributed by atoms with Crippen molar-refractivity contribution in [3.05, 3.63) is 0 Å². The molecule has 0 saturated carbocycles. The molecule has 1 heterocycles. The molecule has 0 unspecified atom stereocenters. The SMILES string of the molecule is CNCC1CCN(CCOCC(F)F)CC1. The Labute approximate surface area is 96.1 Å². The molecule has 0 spiro atoms. The highest BCUT2D eigenvalue weighted by atomic mass is 19.3. The maximum atomic E-state index is 11.8. The molecule has 1 fully saturated rings. The number of hydrogen-bond donors (Lipinski definition) is 1. The fourth-order valence-electron chi connectivity index (χ4n) is 2.07. The Bertz CT molecular complexity index is 173. The third kappa shape index (κ3) is 5.72. The summed E-state index contributed by atoms with van der Waals surface area (Å²) in [6.07, 6.45) is 0.0344. The van der Waals surface area contributed by atoms with Gasteiger partial charge in [0.05, 0.1) is 6.61 Å². The van der Waals surface area contributed by atoms with Gasteiger partial charge in [-0.25, -0.2) is 8.78 Å². The van der Waals surface area contributed by atoms with Crippen LogP contribution in [0.3, 0.4) is 0 Å². The summed E-state index contributed by atoms with van der Waals surface area (Å²) >= 11 is 0. The Morgan fingerprint density at radius 1 is 1.38 bits per heavy atom. The first-order valence-electron chi connectivity index (χ1n) is 5.95. The van der Waals surface area contributed by atoms with Gasteiger partial charge in [0.15, 0.2) is 0 Å². The normalized spacial score (nSPS) is 19.5. The van der Waals surface area contributed by atoms with E-state index in [1.807, 2.05) is 7.05 Å². The lowest BCUT2D eigenvalue weighted by molar-refractivity contribution is 0.00703. The predicted molar refractivity (Wildman–Crippen MR) is 59.9 cm³/mol. The smallest absolute Gasteiger partial charge is 0.261 e. The molecule has 1 aliphatic rings. The van der Waals surface area contributed by atoms with Crippen LogP contribution in [0.2, 0.25) is 0 Å². The second-order valence-corrected chi connectivity index (χ2v) is 4.31. The molecule has 3 nitrogen and oxygen atoms in total. The third-order valence-electron chi connectivity index (χ3n) is 3.00. The van der Waals surface area contributed by atoms with Crippen molar-refractivity contribution < 1.29 is 13.5 Å². The summed E-state index contributed by atoms with van der Waals surface area (Å²) in [5.74, 6) is 0.767. The number of ether oxygens (including phenoxy) is 1. The average Bonchev–Trinajstić information content (AvgIpc) is 2.27. The van der Waals surface area contributed by atoms with E-state index in [0.717, 1.165) is 32.1 Å². The van der Waals surface area contributed by atoms with E-state index in [1.54, 1.807) is 0 Å². The van der Waals surface area contributed by atoms with E-state index in [0.29, 0.717) is 6.61 Å². The van der Waals surface area contributed by atoms with Gasteiger partial charge in [-0.3, -0.25) is 0 Å². The largest absolute Gasteiger partial charge is 0.374 e. The summed E-state index contributed by atoms with van der Waals surface area (Å²) in [5.41, 5.74) is 0. The number of likely N-dealkylation sites (tertiary alicyclic amines) is 1. The van der Waals surface area contributed by atoms with Crippen LogP contribution in [0.25, 0.3) is 0 Å². The van der Waals surface area contributed by atoms with Crippen LogP contribution < -0.4 is 5.32 Å². The molecule has 5 heteroatoms. The van der Waals surface area contributed by atoms with E-state index in [2.05, 4.69) is 10.2 Å². The van der Waals surface area contributed by atoms with Gasteiger partial charge in [-0.2, -0.15) is 0 Å². The monoisotopic (exact) mass is 236 g/mol. The maximum absolute atomic E-state index is 11.8. The van der Waals surface area contributed by atoms with Crippen LogP contribution in [-0.2, 0) is 4.74 Å². The van der Waals surface area contributed by atoms with Crippen LogP contribution in [0.15, 0.2) is 0 Å². The van der Waals surface area contributed by atoms with Crippen molar-refractivity contribution in [1.29, 1.82) is 0 Å². The number of rotatable bonds is 7. The molecular weight excluding hydrogens is 214 g/mol. The Morgan fingerprint density at radius 2 is 2.06 bits per heavy atom. The number of halogens is 2. The highest BCUT2D eigenvalue weighted by Crippen LogP contribution is 2.15. The summed E-state index contributed by atoms with van der Waals surface area (Å²) in [4.78, 5) is 2.29. The average molecular weight is 236 g/mol. The first-order chi connectivity index (χ1) is 7.72. The molecule has 0 radical (unpaired) electrons. The lowest BCUT2D eigenvalue weighted by atomic mass is 9.97. The van der Waals surface area contributed by atoms with Crippen molar-refractivity contribution in [2.75, 3.05) is 46.4 Å². The molecule has 16 heavy (non-hydrogen) atoms. The van der Waals surface area contributed by atoms with Gasteiger partial charge in [0.1, 0.15) is 6.61 Å². The summed E-state index contributed by atoms with van der Waals surface area (Å²) in [6.45, 7) is 3.96. The minimum absolute atomic E-state index is 0.418. The molecule has 1 N–H and O–H groups in total. The minimum atomic E-state index is -2.35. The maximum Gasteiger partial charge on any atom is 0.261 e. The molecule has 0 aliphatic carbocycles. The number of alkyl halides is 2. The Balaban J connectivity index is 1.99. The van der Waals surface area contributed by atoms with Crippen molar-refractivity contribution in [2.24, 2.45) is 5.92 Å². The molecule has 1 rings (SSSR count). The lowest BCUT2D eigenvalue weighted by Gasteiger charge is -2.31. The molecule has 1 saturated heterocycles. The van der Waals surface area contributed by atoms with E-state index < -0.39 is 13.0 Å². The molecule has 0 aromatic rings. The second kappa shape index (κ2) is 7.92. The van der Waals surface area contributed by atoms with Gasteiger partial charge in [-0.05, 0) is 45.4 Å². The fraction of sp³-hybridized carbons (Fsp3) is 1.00.